The summed E-state index contributed by atoms with van der Waals surface area (Å²) < 4.78 is 0. The third kappa shape index (κ3) is 5.90. The summed E-state index contributed by atoms with van der Waals surface area (Å²) >= 11 is 0. The number of hydrogen-bond acceptors (Lipinski definition) is 13. The van der Waals surface area contributed by atoms with E-state index < -0.39 is 23.1 Å². The number of phenolic OH excluding ortho intramolecular Hbond substituents is 2. The number of hydrogen-bond donors (Lipinski definition) is 4. The SMILES string of the molecule is CC(C)N(CCCN(C)C)c1nc(Nc2ccc(O)c3c2C(=O)c2ccccc2C3=O)nc(Nc2ccc(O)c3c2C(=O)c2ccccc2C3=O)n1. The number of carbonyl (C=O) groups excluding carboxylic acids is 4. The summed E-state index contributed by atoms with van der Waals surface area (Å²) in [5.74, 6) is -2.30. The van der Waals surface area contributed by atoms with Crippen LogP contribution < -0.4 is 15.5 Å². The summed E-state index contributed by atoms with van der Waals surface area (Å²) in [4.78, 5) is 72.7. The average molecular weight is 698 g/mol. The average Bonchev–Trinajstić information content (AvgIpc) is 3.12. The minimum absolute atomic E-state index is 0.00171. The van der Waals surface area contributed by atoms with Crippen molar-refractivity contribution >= 4 is 52.4 Å². The van der Waals surface area contributed by atoms with Crippen LogP contribution >= 0.6 is 0 Å². The van der Waals surface area contributed by atoms with E-state index in [0.717, 1.165) is 13.0 Å². The van der Waals surface area contributed by atoms with Crippen molar-refractivity contribution in [3.63, 3.8) is 0 Å². The zero-order valence-corrected chi connectivity index (χ0v) is 28.9. The Hall–Kier alpha value is -6.47. The number of rotatable bonds is 10. The lowest BCUT2D eigenvalue weighted by molar-refractivity contribution is 0.0977. The molecule has 0 spiro atoms. The van der Waals surface area contributed by atoms with Crippen molar-refractivity contribution in [2.24, 2.45) is 0 Å². The van der Waals surface area contributed by atoms with Gasteiger partial charge >= 0.3 is 0 Å². The van der Waals surface area contributed by atoms with Crippen LogP contribution in [0.4, 0.5) is 29.2 Å². The van der Waals surface area contributed by atoms with Gasteiger partial charge in [-0.25, -0.2) is 0 Å². The maximum Gasteiger partial charge on any atom is 0.233 e. The Morgan fingerprint density at radius 3 is 1.37 bits per heavy atom. The molecule has 0 fully saturated rings. The van der Waals surface area contributed by atoms with E-state index in [2.05, 4.69) is 20.5 Å². The van der Waals surface area contributed by atoms with Crippen LogP contribution in [0.25, 0.3) is 0 Å². The molecule has 4 N–H and O–H groups in total. The van der Waals surface area contributed by atoms with Crippen LogP contribution in [0.15, 0.2) is 72.8 Å². The summed E-state index contributed by atoms with van der Waals surface area (Å²) in [6, 6.07) is 18.4. The zero-order chi connectivity index (χ0) is 36.8. The van der Waals surface area contributed by atoms with Crippen LogP contribution in [-0.2, 0) is 0 Å². The first kappa shape index (κ1) is 34.0. The van der Waals surface area contributed by atoms with E-state index in [-0.39, 0.29) is 91.3 Å². The predicted molar refractivity (Wildman–Crippen MR) is 195 cm³/mol. The Labute approximate surface area is 299 Å². The number of anilines is 5. The number of benzene rings is 4. The molecule has 1 aromatic heterocycles. The van der Waals surface area contributed by atoms with Gasteiger partial charge in [0.1, 0.15) is 11.5 Å². The number of aromatic hydroxyl groups is 2. The van der Waals surface area contributed by atoms with Crippen molar-refractivity contribution in [2.75, 3.05) is 42.7 Å². The molecule has 0 radical (unpaired) electrons. The molecule has 0 aliphatic heterocycles. The molecule has 262 valence electrons. The number of aromatic nitrogens is 3. The summed E-state index contributed by atoms with van der Waals surface area (Å²) in [7, 11) is 3.97. The molecule has 0 bridgehead atoms. The largest absolute Gasteiger partial charge is 0.507 e. The monoisotopic (exact) mass is 697 g/mol. The maximum atomic E-state index is 13.8. The Kier molecular flexibility index (Phi) is 8.72. The first-order valence-corrected chi connectivity index (χ1v) is 16.7. The standard InChI is InChI=1S/C39H35N7O6/c1-20(2)46(19-9-18-45(3)4)39-43-37(40-25-14-16-27(47)31-29(25)33(49)21-10-5-7-12-23(21)35(31)51)42-38(44-39)41-26-15-17-28(48)32-30(26)34(50)22-11-6-8-13-24(22)36(32)52/h5-8,10-17,20,47-48H,9,18-19H2,1-4H3,(H2,40,41,42,43,44). The van der Waals surface area contributed by atoms with Gasteiger partial charge in [0.25, 0.3) is 0 Å². The van der Waals surface area contributed by atoms with E-state index in [1.165, 1.54) is 24.3 Å². The fraction of sp³-hybridized carbons (Fsp3) is 0.205. The van der Waals surface area contributed by atoms with E-state index in [1.54, 1.807) is 48.5 Å². The van der Waals surface area contributed by atoms with E-state index in [4.69, 9.17) is 9.97 Å². The van der Waals surface area contributed by atoms with E-state index in [9.17, 15) is 29.4 Å². The quantitative estimate of drug-likeness (QED) is 0.132. The highest BCUT2D eigenvalue weighted by Crippen LogP contribution is 2.40. The van der Waals surface area contributed by atoms with Gasteiger partial charge in [-0.15, -0.1) is 0 Å². The van der Waals surface area contributed by atoms with Crippen LogP contribution in [0, 0.1) is 0 Å². The third-order valence-electron chi connectivity index (χ3n) is 9.11. The van der Waals surface area contributed by atoms with Crippen molar-refractivity contribution in [2.45, 2.75) is 26.3 Å². The summed E-state index contributed by atoms with van der Waals surface area (Å²) in [6.07, 6.45) is 0.783. The fourth-order valence-corrected chi connectivity index (χ4v) is 6.61. The lowest BCUT2D eigenvalue weighted by Gasteiger charge is -2.28. The van der Waals surface area contributed by atoms with Crippen molar-refractivity contribution in [1.82, 2.24) is 19.9 Å². The van der Waals surface area contributed by atoms with Gasteiger partial charge in [-0.05, 0) is 65.2 Å². The smallest absolute Gasteiger partial charge is 0.233 e. The van der Waals surface area contributed by atoms with Crippen molar-refractivity contribution in [1.29, 1.82) is 0 Å². The van der Waals surface area contributed by atoms with Gasteiger partial charge in [-0.2, -0.15) is 15.0 Å². The Morgan fingerprint density at radius 2 is 0.981 bits per heavy atom. The Bertz CT molecular complexity index is 2170. The van der Waals surface area contributed by atoms with Gasteiger partial charge in [0, 0.05) is 34.8 Å². The molecular weight excluding hydrogens is 662 g/mol. The first-order chi connectivity index (χ1) is 24.9. The molecule has 7 rings (SSSR count). The number of ketones is 4. The first-order valence-electron chi connectivity index (χ1n) is 16.7. The lowest BCUT2D eigenvalue weighted by atomic mass is 9.82. The van der Waals surface area contributed by atoms with Gasteiger partial charge in [0.15, 0.2) is 23.1 Å². The molecule has 2 aliphatic rings. The summed E-state index contributed by atoms with van der Waals surface area (Å²) in [5, 5.41) is 27.7. The van der Waals surface area contributed by atoms with Gasteiger partial charge in [0.2, 0.25) is 17.8 Å². The number of phenols is 2. The highest BCUT2D eigenvalue weighted by Gasteiger charge is 2.36. The van der Waals surface area contributed by atoms with Crippen molar-refractivity contribution in [3.05, 3.63) is 117 Å². The van der Waals surface area contributed by atoms with Gasteiger partial charge < -0.3 is 30.6 Å². The highest BCUT2D eigenvalue weighted by molar-refractivity contribution is 6.32. The van der Waals surface area contributed by atoms with E-state index in [0.29, 0.717) is 6.54 Å². The third-order valence-corrected chi connectivity index (χ3v) is 9.11. The molecule has 0 saturated carbocycles. The molecule has 4 aromatic carbocycles. The number of fused-ring (bicyclic) bond motifs is 4. The number of carbonyl (C=O) groups is 4. The van der Waals surface area contributed by atoms with Crippen LogP contribution in [0.2, 0.25) is 0 Å². The van der Waals surface area contributed by atoms with Crippen LogP contribution in [0.1, 0.15) is 84.0 Å². The van der Waals surface area contributed by atoms with Crippen molar-refractivity contribution in [3.8, 4) is 11.5 Å². The molecule has 0 amide bonds. The second-order valence-corrected chi connectivity index (χ2v) is 13.1. The molecular formula is C39H35N7O6. The molecule has 2 aliphatic carbocycles. The van der Waals surface area contributed by atoms with Gasteiger partial charge in [0.05, 0.1) is 33.6 Å². The lowest BCUT2D eigenvalue weighted by Crippen LogP contribution is -2.35. The molecule has 52 heavy (non-hydrogen) atoms. The molecule has 13 heteroatoms. The minimum Gasteiger partial charge on any atom is -0.507 e. The summed E-state index contributed by atoms with van der Waals surface area (Å²) in [6.45, 7) is 5.38. The van der Waals surface area contributed by atoms with E-state index in [1.807, 2.05) is 32.8 Å². The fourth-order valence-electron chi connectivity index (χ4n) is 6.61. The second kappa shape index (κ2) is 13.3. The van der Waals surface area contributed by atoms with Crippen molar-refractivity contribution < 1.29 is 29.4 Å². The number of nitrogens with one attached hydrogen (secondary N) is 2. The zero-order valence-electron chi connectivity index (χ0n) is 28.9. The molecule has 0 atom stereocenters. The maximum absolute atomic E-state index is 13.8. The molecule has 1 heterocycles. The van der Waals surface area contributed by atoms with Crippen LogP contribution in [-0.4, -0.2) is 86.4 Å². The minimum atomic E-state index is -0.491. The Balaban J connectivity index is 1.34. The van der Waals surface area contributed by atoms with Gasteiger partial charge in [-0.3, -0.25) is 19.2 Å². The predicted octanol–water partition coefficient (Wildman–Crippen LogP) is 5.49. The highest BCUT2D eigenvalue weighted by atomic mass is 16.3. The molecule has 13 nitrogen and oxygen atoms in total. The Morgan fingerprint density at radius 1 is 0.577 bits per heavy atom. The second-order valence-electron chi connectivity index (χ2n) is 13.1. The molecule has 5 aromatic rings. The molecule has 0 saturated heterocycles. The van der Waals surface area contributed by atoms with Crippen LogP contribution in [0.3, 0.4) is 0 Å². The molecule has 0 unspecified atom stereocenters. The topological polar surface area (TPSA) is 178 Å². The van der Waals surface area contributed by atoms with Crippen LogP contribution in [0.5, 0.6) is 11.5 Å². The number of nitrogens with zero attached hydrogens (tertiary/aromatic N) is 5. The summed E-state index contributed by atoms with van der Waals surface area (Å²) in [5.41, 5.74) is 0.859. The van der Waals surface area contributed by atoms with E-state index >= 15 is 0 Å². The normalized spacial score (nSPS) is 13.1. The van der Waals surface area contributed by atoms with Gasteiger partial charge in [-0.1, -0.05) is 48.5 Å².